The van der Waals surface area contributed by atoms with E-state index >= 15 is 0 Å². The maximum absolute atomic E-state index is 14.5. The summed E-state index contributed by atoms with van der Waals surface area (Å²) in [4.78, 5) is 17.0. The number of fused-ring (bicyclic) bond motifs is 1. The highest BCUT2D eigenvalue weighted by Crippen LogP contribution is 2.26. The van der Waals surface area contributed by atoms with Crippen LogP contribution in [0.25, 0.3) is 5.65 Å². The van der Waals surface area contributed by atoms with Gasteiger partial charge < -0.3 is 9.80 Å². The molecule has 4 rings (SSSR count). The van der Waals surface area contributed by atoms with Gasteiger partial charge in [0.05, 0.1) is 11.9 Å². The normalized spacial score (nSPS) is 15.4. The van der Waals surface area contributed by atoms with Crippen LogP contribution in [-0.4, -0.2) is 51.2 Å². The smallest absolute Gasteiger partial charge is 0.187 e. The molecule has 0 spiro atoms. The van der Waals surface area contributed by atoms with Crippen molar-refractivity contribution in [2.75, 3.05) is 36.5 Å². The van der Waals surface area contributed by atoms with E-state index in [1.54, 1.807) is 6.20 Å². The molecular formula is C20H26FN7. The molecule has 1 aliphatic rings. The average molecular weight is 383 g/mol. The third kappa shape index (κ3) is 3.50. The summed E-state index contributed by atoms with van der Waals surface area (Å²) >= 11 is 0. The summed E-state index contributed by atoms with van der Waals surface area (Å²) in [6.45, 7) is 6.60. The highest BCUT2D eigenvalue weighted by Gasteiger charge is 2.24. The van der Waals surface area contributed by atoms with Gasteiger partial charge in [0.25, 0.3) is 0 Å². The van der Waals surface area contributed by atoms with Gasteiger partial charge in [0.1, 0.15) is 12.1 Å². The Hall–Kier alpha value is -2.77. The Bertz CT molecular complexity index is 962. The van der Waals surface area contributed by atoms with Gasteiger partial charge in [-0.1, -0.05) is 6.92 Å². The molecular weight excluding hydrogens is 357 g/mol. The molecule has 4 heterocycles. The molecule has 0 saturated carbocycles. The van der Waals surface area contributed by atoms with Crippen LogP contribution in [0.5, 0.6) is 0 Å². The van der Waals surface area contributed by atoms with Crippen LogP contribution in [0, 0.1) is 18.7 Å². The van der Waals surface area contributed by atoms with E-state index in [0.717, 1.165) is 49.6 Å². The lowest BCUT2D eigenvalue weighted by molar-refractivity contribution is 0.403. The van der Waals surface area contributed by atoms with Crippen molar-refractivity contribution in [3.8, 4) is 0 Å². The Morgan fingerprint density at radius 2 is 2.04 bits per heavy atom. The first kappa shape index (κ1) is 18.6. The van der Waals surface area contributed by atoms with Gasteiger partial charge in [-0.05, 0) is 32.1 Å². The van der Waals surface area contributed by atoms with Gasteiger partial charge in [-0.15, -0.1) is 0 Å². The molecule has 0 bridgehead atoms. The zero-order chi connectivity index (χ0) is 19.7. The predicted octanol–water partition coefficient (Wildman–Crippen LogP) is 2.88. The molecule has 1 fully saturated rings. The summed E-state index contributed by atoms with van der Waals surface area (Å²) in [6, 6.07) is 4.02. The van der Waals surface area contributed by atoms with E-state index in [4.69, 9.17) is 0 Å². The largest absolute Gasteiger partial charge is 0.357 e. The van der Waals surface area contributed by atoms with Crippen LogP contribution in [0.1, 0.15) is 31.2 Å². The van der Waals surface area contributed by atoms with Gasteiger partial charge in [-0.3, -0.25) is 0 Å². The summed E-state index contributed by atoms with van der Waals surface area (Å²) < 4.78 is 16.4. The molecule has 0 atom stereocenters. The zero-order valence-corrected chi connectivity index (χ0v) is 16.6. The number of aromatic nitrogens is 5. The quantitative estimate of drug-likeness (QED) is 0.675. The Balaban J connectivity index is 1.42. The van der Waals surface area contributed by atoms with Crippen molar-refractivity contribution in [3.63, 3.8) is 0 Å². The first-order valence-electron chi connectivity index (χ1n) is 9.83. The topological polar surface area (TPSA) is 62.5 Å². The Morgan fingerprint density at radius 1 is 1.25 bits per heavy atom. The minimum Gasteiger partial charge on any atom is -0.357 e. The van der Waals surface area contributed by atoms with Crippen molar-refractivity contribution in [1.82, 2.24) is 24.6 Å². The Labute approximate surface area is 164 Å². The van der Waals surface area contributed by atoms with E-state index < -0.39 is 0 Å². The molecule has 0 amide bonds. The van der Waals surface area contributed by atoms with Crippen LogP contribution in [0.2, 0.25) is 0 Å². The minimum absolute atomic E-state index is 0.293. The molecule has 7 nitrogen and oxygen atoms in total. The van der Waals surface area contributed by atoms with E-state index in [9.17, 15) is 4.39 Å². The fraction of sp³-hybridized carbons (Fsp3) is 0.500. The molecule has 0 aliphatic carbocycles. The molecule has 3 aromatic heterocycles. The predicted molar refractivity (Wildman–Crippen MR) is 107 cm³/mol. The molecule has 28 heavy (non-hydrogen) atoms. The molecule has 0 aromatic carbocycles. The Kier molecular flexibility index (Phi) is 5.11. The molecule has 8 heteroatoms. The first-order valence-corrected chi connectivity index (χ1v) is 9.83. The second-order valence-corrected chi connectivity index (χ2v) is 7.48. The summed E-state index contributed by atoms with van der Waals surface area (Å²) in [5.74, 6) is 1.70. The van der Waals surface area contributed by atoms with Gasteiger partial charge in [0, 0.05) is 44.5 Å². The van der Waals surface area contributed by atoms with E-state index in [1.807, 2.05) is 36.4 Å². The van der Waals surface area contributed by atoms with Crippen LogP contribution in [0.3, 0.4) is 0 Å². The van der Waals surface area contributed by atoms with Crippen LogP contribution in [-0.2, 0) is 6.42 Å². The fourth-order valence-corrected chi connectivity index (χ4v) is 3.97. The highest BCUT2D eigenvalue weighted by molar-refractivity contribution is 5.51. The molecule has 0 N–H and O–H groups in total. The molecule has 0 radical (unpaired) electrons. The Morgan fingerprint density at radius 3 is 2.79 bits per heavy atom. The number of anilines is 2. The molecule has 3 aromatic rings. The number of piperidine rings is 1. The second kappa shape index (κ2) is 7.69. The van der Waals surface area contributed by atoms with Gasteiger partial charge in [-0.25, -0.2) is 19.3 Å². The SMILES string of the molecule is CCc1ncnc(N(C)CC2CCN(c3cc(C)nc4ccnn34)CC2)c1F. The third-order valence-corrected chi connectivity index (χ3v) is 5.48. The van der Waals surface area contributed by atoms with Crippen LogP contribution >= 0.6 is 0 Å². The number of hydrogen-bond acceptors (Lipinski definition) is 6. The van der Waals surface area contributed by atoms with Gasteiger partial charge in [-0.2, -0.15) is 9.61 Å². The lowest BCUT2D eigenvalue weighted by Crippen LogP contribution is -2.39. The van der Waals surface area contributed by atoms with Crippen molar-refractivity contribution in [2.24, 2.45) is 5.92 Å². The number of aryl methyl sites for hydroxylation is 2. The zero-order valence-electron chi connectivity index (χ0n) is 16.6. The number of nitrogens with zero attached hydrogens (tertiary/aromatic N) is 7. The van der Waals surface area contributed by atoms with Crippen molar-refractivity contribution >= 4 is 17.3 Å². The van der Waals surface area contributed by atoms with Crippen LogP contribution < -0.4 is 9.80 Å². The monoisotopic (exact) mass is 383 g/mol. The second-order valence-electron chi connectivity index (χ2n) is 7.48. The van der Waals surface area contributed by atoms with E-state index in [1.165, 1.54) is 6.33 Å². The van der Waals surface area contributed by atoms with Crippen LogP contribution in [0.4, 0.5) is 16.0 Å². The summed E-state index contributed by atoms with van der Waals surface area (Å²) in [5, 5.41) is 4.42. The minimum atomic E-state index is -0.293. The third-order valence-electron chi connectivity index (χ3n) is 5.48. The van der Waals surface area contributed by atoms with Crippen LogP contribution in [0.15, 0.2) is 24.7 Å². The summed E-state index contributed by atoms with van der Waals surface area (Å²) in [6.07, 6.45) is 5.90. The molecule has 0 unspecified atom stereocenters. The fourth-order valence-electron chi connectivity index (χ4n) is 3.97. The number of rotatable bonds is 5. The standard InChI is InChI=1S/C20H26FN7/c1-4-16-19(21)20(23-13-22-16)26(3)12-15-6-9-27(10-7-15)18-11-14(2)25-17-5-8-24-28(17)18/h5,8,11,13,15H,4,6-7,9-10,12H2,1-3H3. The maximum atomic E-state index is 14.5. The van der Waals surface area contributed by atoms with Crippen molar-refractivity contribution in [3.05, 3.63) is 41.9 Å². The first-order chi connectivity index (χ1) is 13.6. The van der Waals surface area contributed by atoms with E-state index in [-0.39, 0.29) is 5.82 Å². The highest BCUT2D eigenvalue weighted by atomic mass is 19.1. The van der Waals surface area contributed by atoms with E-state index in [2.05, 4.69) is 31.0 Å². The van der Waals surface area contributed by atoms with Gasteiger partial charge >= 0.3 is 0 Å². The van der Waals surface area contributed by atoms with Crippen molar-refractivity contribution < 1.29 is 4.39 Å². The molecule has 1 saturated heterocycles. The van der Waals surface area contributed by atoms with Crippen molar-refractivity contribution in [2.45, 2.75) is 33.1 Å². The van der Waals surface area contributed by atoms with Gasteiger partial charge in [0.2, 0.25) is 0 Å². The average Bonchev–Trinajstić information content (AvgIpc) is 3.16. The molecule has 148 valence electrons. The maximum Gasteiger partial charge on any atom is 0.187 e. The van der Waals surface area contributed by atoms with Gasteiger partial charge in [0.15, 0.2) is 17.3 Å². The lowest BCUT2D eigenvalue weighted by Gasteiger charge is -2.35. The summed E-state index contributed by atoms with van der Waals surface area (Å²) in [5.41, 5.74) is 2.35. The summed E-state index contributed by atoms with van der Waals surface area (Å²) in [7, 11) is 1.91. The van der Waals surface area contributed by atoms with E-state index in [0.29, 0.717) is 23.9 Å². The lowest BCUT2D eigenvalue weighted by atomic mass is 9.96. The number of hydrogen-bond donors (Lipinski definition) is 0. The van der Waals surface area contributed by atoms with Crippen molar-refractivity contribution in [1.29, 1.82) is 0 Å². The molecule has 1 aliphatic heterocycles. The number of halogens is 1.